The van der Waals surface area contributed by atoms with Crippen molar-refractivity contribution < 1.29 is 32.2 Å². The monoisotopic (exact) mass is 382 g/mol. The van der Waals surface area contributed by atoms with Gasteiger partial charge >= 0.3 is 12.1 Å². The van der Waals surface area contributed by atoms with E-state index in [2.05, 4.69) is 5.10 Å². The van der Waals surface area contributed by atoms with E-state index in [1.54, 1.807) is 6.07 Å². The second-order valence-corrected chi connectivity index (χ2v) is 6.23. The molecular formula is C18H17F3N2O4. The van der Waals surface area contributed by atoms with Crippen molar-refractivity contribution in [1.82, 2.24) is 5.01 Å². The first kappa shape index (κ1) is 19.0. The first-order valence-electron chi connectivity index (χ1n) is 8.07. The summed E-state index contributed by atoms with van der Waals surface area (Å²) in [6.07, 6.45) is -5.06. The maximum atomic E-state index is 13.1. The molecule has 2 aromatic rings. The van der Waals surface area contributed by atoms with Crippen LogP contribution < -0.4 is 4.74 Å². The molecule has 0 radical (unpaired) electrons. The lowest BCUT2D eigenvalue weighted by atomic mass is 10.1. The molecule has 2 heterocycles. The number of nitrogens with zero attached hydrogens (tertiary/aromatic N) is 2. The van der Waals surface area contributed by atoms with Crippen LogP contribution in [-0.4, -0.2) is 34.1 Å². The molecular weight excluding hydrogens is 365 g/mol. The van der Waals surface area contributed by atoms with Gasteiger partial charge in [0.15, 0.2) is 5.76 Å². The summed E-state index contributed by atoms with van der Waals surface area (Å²) in [5, 5.41) is 13.2. The topological polar surface area (TPSA) is 75.3 Å². The van der Waals surface area contributed by atoms with Crippen LogP contribution in [0.25, 0.3) is 0 Å². The van der Waals surface area contributed by atoms with Crippen LogP contribution in [0.4, 0.5) is 13.2 Å². The summed E-state index contributed by atoms with van der Waals surface area (Å²) in [5.74, 6) is -0.732. The van der Waals surface area contributed by atoms with Crippen molar-refractivity contribution in [3.05, 3.63) is 53.0 Å². The van der Waals surface area contributed by atoms with Crippen LogP contribution >= 0.6 is 0 Å². The standard InChI is InChI=1S/C18H17F3N2O4/c1-11-3-4-13(9-12(11)2)26-10-14-5-6-15(27-14)16(24)23-17(25,7-8-22-23)18(19,20)21/h3-6,8-9,25H,7,10H2,1-2H3. The first-order valence-corrected chi connectivity index (χ1v) is 8.07. The van der Waals surface area contributed by atoms with Gasteiger partial charge in [-0.25, -0.2) is 0 Å². The predicted octanol–water partition coefficient (Wildman–Crippen LogP) is 3.56. The number of hydrogen-bond acceptors (Lipinski definition) is 5. The van der Waals surface area contributed by atoms with E-state index in [0.29, 0.717) is 5.75 Å². The number of ether oxygens (including phenoxy) is 1. The third kappa shape index (κ3) is 3.55. The number of aryl methyl sites for hydroxylation is 2. The highest BCUT2D eigenvalue weighted by atomic mass is 19.4. The molecule has 1 aromatic carbocycles. The highest BCUT2D eigenvalue weighted by Crippen LogP contribution is 2.39. The number of hydrogen-bond donors (Lipinski definition) is 1. The molecule has 0 spiro atoms. The zero-order valence-corrected chi connectivity index (χ0v) is 14.6. The van der Waals surface area contributed by atoms with Crippen molar-refractivity contribution in [1.29, 1.82) is 0 Å². The fraction of sp³-hybridized carbons (Fsp3) is 0.333. The van der Waals surface area contributed by atoms with Crippen LogP contribution in [-0.2, 0) is 6.61 Å². The van der Waals surface area contributed by atoms with Crippen LogP contribution in [0.1, 0.15) is 33.9 Å². The van der Waals surface area contributed by atoms with Crippen molar-refractivity contribution in [2.45, 2.75) is 38.8 Å². The van der Waals surface area contributed by atoms with Gasteiger partial charge in [0.1, 0.15) is 18.1 Å². The van der Waals surface area contributed by atoms with Gasteiger partial charge in [-0.05, 0) is 49.2 Å². The molecule has 3 rings (SSSR count). The van der Waals surface area contributed by atoms with Gasteiger partial charge in [-0.1, -0.05) is 6.07 Å². The van der Waals surface area contributed by atoms with E-state index in [1.807, 2.05) is 26.0 Å². The van der Waals surface area contributed by atoms with Gasteiger partial charge in [-0.15, -0.1) is 0 Å². The summed E-state index contributed by atoms with van der Waals surface area (Å²) in [6, 6.07) is 8.14. The SMILES string of the molecule is Cc1ccc(OCc2ccc(C(=O)N3N=CCC3(O)C(F)(F)F)o2)cc1C. The zero-order valence-electron chi connectivity index (χ0n) is 14.6. The van der Waals surface area contributed by atoms with E-state index in [4.69, 9.17) is 9.15 Å². The van der Waals surface area contributed by atoms with Gasteiger partial charge in [0, 0.05) is 12.6 Å². The number of alkyl halides is 3. The Labute approximate surface area is 152 Å². The van der Waals surface area contributed by atoms with E-state index in [9.17, 15) is 23.1 Å². The summed E-state index contributed by atoms with van der Waals surface area (Å²) in [7, 11) is 0. The lowest BCUT2D eigenvalue weighted by Crippen LogP contribution is -2.56. The number of hydrazone groups is 1. The van der Waals surface area contributed by atoms with Gasteiger partial charge in [-0.2, -0.15) is 23.3 Å². The average Bonchev–Trinajstić information content (AvgIpc) is 3.22. The third-order valence-corrected chi connectivity index (χ3v) is 4.30. The normalized spacial score (nSPS) is 19.6. The number of furan rings is 1. The Balaban J connectivity index is 1.70. The second kappa shape index (κ2) is 6.73. The lowest BCUT2D eigenvalue weighted by Gasteiger charge is -2.31. The Kier molecular flexibility index (Phi) is 4.73. The minimum absolute atomic E-state index is 0.0113. The molecule has 1 aliphatic rings. The van der Waals surface area contributed by atoms with Gasteiger partial charge in [-0.3, -0.25) is 4.79 Å². The second-order valence-electron chi connectivity index (χ2n) is 6.23. The third-order valence-electron chi connectivity index (χ3n) is 4.30. The highest BCUT2D eigenvalue weighted by Gasteiger charge is 2.61. The molecule has 1 atom stereocenters. The minimum Gasteiger partial charge on any atom is -0.486 e. The number of carbonyl (C=O) groups excluding carboxylic acids is 1. The molecule has 27 heavy (non-hydrogen) atoms. The molecule has 1 aliphatic heterocycles. The predicted molar refractivity (Wildman–Crippen MR) is 89.2 cm³/mol. The van der Waals surface area contributed by atoms with Gasteiger partial charge < -0.3 is 14.3 Å². The smallest absolute Gasteiger partial charge is 0.438 e. The summed E-state index contributed by atoms with van der Waals surface area (Å²) < 4.78 is 50.0. The van der Waals surface area contributed by atoms with E-state index in [1.165, 1.54) is 12.1 Å². The molecule has 1 amide bonds. The molecule has 144 valence electrons. The molecule has 6 nitrogen and oxygen atoms in total. The van der Waals surface area contributed by atoms with Crippen LogP contribution in [0, 0.1) is 13.8 Å². The number of benzene rings is 1. The maximum Gasteiger partial charge on any atom is 0.438 e. The number of carbonyl (C=O) groups is 1. The Morgan fingerprint density at radius 2 is 2.04 bits per heavy atom. The molecule has 0 aliphatic carbocycles. The average molecular weight is 382 g/mol. The van der Waals surface area contributed by atoms with Crippen molar-refractivity contribution in [2.24, 2.45) is 5.10 Å². The number of rotatable bonds is 4. The quantitative estimate of drug-likeness (QED) is 0.877. The molecule has 1 N–H and O–H groups in total. The van der Waals surface area contributed by atoms with E-state index >= 15 is 0 Å². The van der Waals surface area contributed by atoms with Gasteiger partial charge in [0.2, 0.25) is 0 Å². The molecule has 0 saturated heterocycles. The Morgan fingerprint density at radius 1 is 1.30 bits per heavy atom. The largest absolute Gasteiger partial charge is 0.486 e. The maximum absolute atomic E-state index is 13.1. The van der Waals surface area contributed by atoms with E-state index in [0.717, 1.165) is 17.3 Å². The summed E-state index contributed by atoms with van der Waals surface area (Å²) in [6.45, 7) is 3.89. The molecule has 0 bridgehead atoms. The highest BCUT2D eigenvalue weighted by molar-refractivity contribution is 5.93. The molecule has 0 fully saturated rings. The lowest BCUT2D eigenvalue weighted by molar-refractivity contribution is -0.297. The van der Waals surface area contributed by atoms with Crippen molar-refractivity contribution in [3.63, 3.8) is 0 Å². The van der Waals surface area contributed by atoms with E-state index in [-0.39, 0.29) is 23.1 Å². The molecule has 1 aromatic heterocycles. The van der Waals surface area contributed by atoms with Crippen LogP contribution in [0.2, 0.25) is 0 Å². The molecule has 0 saturated carbocycles. The summed E-state index contributed by atoms with van der Waals surface area (Å²) >= 11 is 0. The molecule has 1 unspecified atom stereocenters. The molecule has 9 heteroatoms. The minimum atomic E-state index is -5.05. The van der Waals surface area contributed by atoms with Crippen molar-refractivity contribution in [2.75, 3.05) is 0 Å². The summed E-state index contributed by atoms with van der Waals surface area (Å²) in [4.78, 5) is 12.3. The van der Waals surface area contributed by atoms with Crippen LogP contribution in [0.5, 0.6) is 5.75 Å². The Hall–Kier alpha value is -2.81. The van der Waals surface area contributed by atoms with Gasteiger partial charge in [0.05, 0.1) is 0 Å². The van der Waals surface area contributed by atoms with Crippen LogP contribution in [0.15, 0.2) is 39.9 Å². The number of aliphatic hydroxyl groups is 1. The van der Waals surface area contributed by atoms with Gasteiger partial charge in [0.25, 0.3) is 5.72 Å². The Bertz CT molecular complexity index is 891. The van der Waals surface area contributed by atoms with E-state index < -0.39 is 24.2 Å². The Morgan fingerprint density at radius 3 is 2.70 bits per heavy atom. The summed E-state index contributed by atoms with van der Waals surface area (Å²) in [5.41, 5.74) is -1.23. The fourth-order valence-electron chi connectivity index (χ4n) is 2.52. The van der Waals surface area contributed by atoms with Crippen molar-refractivity contribution in [3.8, 4) is 5.75 Å². The number of halogens is 3. The number of amides is 1. The first-order chi connectivity index (χ1) is 12.6. The van der Waals surface area contributed by atoms with Crippen molar-refractivity contribution >= 4 is 12.1 Å². The fourth-order valence-corrected chi connectivity index (χ4v) is 2.52. The zero-order chi connectivity index (χ0) is 19.8. The van der Waals surface area contributed by atoms with Crippen LogP contribution in [0.3, 0.4) is 0 Å².